The van der Waals surface area contributed by atoms with E-state index >= 15 is 0 Å². The fraction of sp³-hybridized carbons (Fsp3) is 0.143. The second-order valence-electron chi connectivity index (χ2n) is 8.02. The number of carbonyl (C=O) groups is 2. The van der Waals surface area contributed by atoms with Gasteiger partial charge >= 0.3 is 11.9 Å². The molecule has 38 heavy (non-hydrogen) atoms. The van der Waals surface area contributed by atoms with Crippen LogP contribution in [0.5, 0.6) is 0 Å². The lowest BCUT2D eigenvalue weighted by molar-refractivity contribution is -0.385. The molecule has 0 saturated heterocycles. The molecule has 0 aliphatic carbocycles. The van der Waals surface area contributed by atoms with Gasteiger partial charge in [-0.15, -0.1) is 0 Å². The zero-order valence-electron chi connectivity index (χ0n) is 20.2. The van der Waals surface area contributed by atoms with Crippen LogP contribution in [0.2, 0.25) is 0 Å². The number of hydrogen-bond donors (Lipinski definition) is 0. The van der Waals surface area contributed by atoms with E-state index in [4.69, 9.17) is 9.47 Å². The number of rotatable bonds is 12. The number of nitro benzene ring substituents is 2. The van der Waals surface area contributed by atoms with Crippen LogP contribution in [-0.2, 0) is 31.9 Å². The van der Waals surface area contributed by atoms with Crippen molar-refractivity contribution >= 4 is 35.5 Å². The van der Waals surface area contributed by atoms with Gasteiger partial charge in [0, 0.05) is 49.3 Å². The molecule has 0 saturated carbocycles. The Morgan fingerprint density at radius 1 is 0.658 bits per heavy atom. The van der Waals surface area contributed by atoms with E-state index in [1.807, 2.05) is 0 Å². The third-order valence-corrected chi connectivity index (χ3v) is 5.30. The second-order valence-corrected chi connectivity index (χ2v) is 8.02. The van der Waals surface area contributed by atoms with E-state index in [0.717, 1.165) is 22.3 Å². The Labute approximate surface area is 218 Å². The minimum atomic E-state index is -0.524. The van der Waals surface area contributed by atoms with Crippen LogP contribution >= 0.6 is 0 Å². The number of esters is 2. The first kappa shape index (κ1) is 27.5. The van der Waals surface area contributed by atoms with Crippen LogP contribution in [0.3, 0.4) is 0 Å². The predicted octanol–water partition coefficient (Wildman–Crippen LogP) is 5.10. The number of nitrogens with zero attached hydrogens (tertiary/aromatic N) is 2. The summed E-state index contributed by atoms with van der Waals surface area (Å²) < 4.78 is 10.4. The molecule has 3 aromatic carbocycles. The summed E-state index contributed by atoms with van der Waals surface area (Å²) in [5.74, 6) is -1.05. The van der Waals surface area contributed by atoms with Crippen LogP contribution in [0.15, 0.2) is 84.9 Å². The standard InChI is InChI=1S/C28H24N2O8/c31-27(37-18-16-21-4-10-25(11-5-21)29(33)34)14-8-23-2-1-3-24(20-23)9-15-28(32)38-19-17-22-6-12-26(13-7-22)30(35)36/h1-15,20H,16-19H2/b14-8+,15-9+. The first-order chi connectivity index (χ1) is 18.3. The van der Waals surface area contributed by atoms with Crippen LogP contribution in [0.1, 0.15) is 22.3 Å². The molecule has 0 radical (unpaired) electrons. The van der Waals surface area contributed by atoms with Crippen molar-refractivity contribution in [3.8, 4) is 0 Å². The van der Waals surface area contributed by atoms with Crippen LogP contribution in [0.4, 0.5) is 11.4 Å². The van der Waals surface area contributed by atoms with Crippen LogP contribution in [0, 0.1) is 20.2 Å². The number of nitro groups is 2. The second kappa shape index (κ2) is 13.8. The molecule has 0 spiro atoms. The number of non-ortho nitro benzene ring substituents is 2. The average molecular weight is 517 g/mol. The Balaban J connectivity index is 1.41. The van der Waals surface area contributed by atoms with Crippen molar-refractivity contribution in [3.63, 3.8) is 0 Å². The zero-order valence-corrected chi connectivity index (χ0v) is 20.2. The van der Waals surface area contributed by atoms with Gasteiger partial charge in [-0.05, 0) is 40.5 Å². The molecule has 0 aliphatic heterocycles. The lowest BCUT2D eigenvalue weighted by Crippen LogP contribution is -2.05. The van der Waals surface area contributed by atoms with Crippen LogP contribution in [0.25, 0.3) is 12.2 Å². The highest BCUT2D eigenvalue weighted by Crippen LogP contribution is 2.14. The van der Waals surface area contributed by atoms with E-state index in [1.165, 1.54) is 36.4 Å². The smallest absolute Gasteiger partial charge is 0.330 e. The summed E-state index contributed by atoms with van der Waals surface area (Å²) in [6.07, 6.45) is 6.64. The molecule has 0 aliphatic rings. The van der Waals surface area contributed by atoms with Gasteiger partial charge in [0.2, 0.25) is 0 Å². The Hall–Kier alpha value is -5.12. The highest BCUT2D eigenvalue weighted by molar-refractivity contribution is 5.88. The summed E-state index contributed by atoms with van der Waals surface area (Å²) >= 11 is 0. The Morgan fingerprint density at radius 3 is 1.42 bits per heavy atom. The summed E-state index contributed by atoms with van der Waals surface area (Å²) in [6, 6.07) is 19.2. The van der Waals surface area contributed by atoms with Gasteiger partial charge in [-0.3, -0.25) is 20.2 Å². The molecule has 0 unspecified atom stereocenters. The molecule has 0 fully saturated rings. The Kier molecular flexibility index (Phi) is 10.00. The van der Waals surface area contributed by atoms with Crippen LogP contribution in [-0.4, -0.2) is 35.0 Å². The van der Waals surface area contributed by atoms with Crippen molar-refractivity contribution < 1.29 is 28.9 Å². The Morgan fingerprint density at radius 2 is 1.05 bits per heavy atom. The van der Waals surface area contributed by atoms with Gasteiger partial charge in [-0.25, -0.2) is 9.59 Å². The monoisotopic (exact) mass is 516 g/mol. The van der Waals surface area contributed by atoms with Gasteiger partial charge in [0.05, 0.1) is 23.1 Å². The van der Waals surface area contributed by atoms with Gasteiger partial charge in [0.25, 0.3) is 11.4 Å². The van der Waals surface area contributed by atoms with E-state index < -0.39 is 21.8 Å². The molecule has 0 bridgehead atoms. The molecule has 0 atom stereocenters. The average Bonchev–Trinajstić information content (AvgIpc) is 2.91. The first-order valence-electron chi connectivity index (χ1n) is 11.6. The van der Waals surface area contributed by atoms with E-state index in [1.54, 1.807) is 60.7 Å². The minimum Gasteiger partial charge on any atom is -0.462 e. The summed E-state index contributed by atoms with van der Waals surface area (Å²) in [5.41, 5.74) is 3.09. The topological polar surface area (TPSA) is 139 Å². The van der Waals surface area contributed by atoms with Crippen molar-refractivity contribution in [2.45, 2.75) is 12.8 Å². The molecular formula is C28H24N2O8. The molecule has 0 aromatic heterocycles. The van der Waals surface area contributed by atoms with Crippen LogP contribution < -0.4 is 0 Å². The predicted molar refractivity (Wildman–Crippen MR) is 140 cm³/mol. The van der Waals surface area contributed by atoms with E-state index in [2.05, 4.69) is 0 Å². The van der Waals surface area contributed by atoms with Gasteiger partial charge in [0.1, 0.15) is 0 Å². The molecule has 0 amide bonds. The maximum atomic E-state index is 12.0. The summed E-state index contributed by atoms with van der Waals surface area (Å²) in [4.78, 5) is 44.4. The summed E-state index contributed by atoms with van der Waals surface area (Å²) in [6.45, 7) is 0.270. The first-order valence-corrected chi connectivity index (χ1v) is 11.6. The van der Waals surface area contributed by atoms with Crippen molar-refractivity contribution in [1.29, 1.82) is 0 Å². The lowest BCUT2D eigenvalue weighted by Gasteiger charge is -2.03. The van der Waals surface area contributed by atoms with Gasteiger partial charge < -0.3 is 9.47 Å². The molecule has 0 N–H and O–H groups in total. The van der Waals surface area contributed by atoms with Crippen molar-refractivity contribution in [2.24, 2.45) is 0 Å². The molecule has 194 valence electrons. The van der Waals surface area contributed by atoms with Gasteiger partial charge in [-0.1, -0.05) is 42.5 Å². The number of hydrogen-bond acceptors (Lipinski definition) is 8. The zero-order chi connectivity index (χ0) is 27.3. The summed E-state index contributed by atoms with van der Waals surface area (Å²) in [7, 11) is 0. The van der Waals surface area contributed by atoms with Gasteiger partial charge in [0.15, 0.2) is 0 Å². The lowest BCUT2D eigenvalue weighted by atomic mass is 10.1. The molecule has 10 heteroatoms. The maximum absolute atomic E-state index is 12.0. The number of carbonyl (C=O) groups excluding carboxylic acids is 2. The van der Waals surface area contributed by atoms with E-state index in [-0.39, 0.29) is 24.6 Å². The third kappa shape index (κ3) is 9.15. The molecule has 3 rings (SSSR count). The molecule has 3 aromatic rings. The largest absolute Gasteiger partial charge is 0.462 e. The number of benzene rings is 3. The number of ether oxygens (including phenoxy) is 2. The molecule has 0 heterocycles. The fourth-order valence-corrected chi connectivity index (χ4v) is 3.30. The summed E-state index contributed by atoms with van der Waals surface area (Å²) in [5, 5.41) is 21.4. The molecule has 10 nitrogen and oxygen atoms in total. The van der Waals surface area contributed by atoms with Crippen molar-refractivity contribution in [2.75, 3.05) is 13.2 Å². The minimum absolute atomic E-state index is 0.00216. The molecular weight excluding hydrogens is 492 g/mol. The van der Waals surface area contributed by atoms with Crippen molar-refractivity contribution in [3.05, 3.63) is 127 Å². The van der Waals surface area contributed by atoms with Crippen molar-refractivity contribution in [1.82, 2.24) is 0 Å². The Bertz CT molecular complexity index is 1250. The highest BCUT2D eigenvalue weighted by Gasteiger charge is 2.06. The maximum Gasteiger partial charge on any atom is 0.330 e. The van der Waals surface area contributed by atoms with Gasteiger partial charge in [-0.2, -0.15) is 0 Å². The fourth-order valence-electron chi connectivity index (χ4n) is 3.30. The van der Waals surface area contributed by atoms with E-state index in [0.29, 0.717) is 12.8 Å². The normalized spacial score (nSPS) is 10.9. The SMILES string of the molecule is O=C(/C=C/c1cccc(/C=C/C(=O)OCCc2ccc([N+](=O)[O-])cc2)c1)OCCc1ccc([N+](=O)[O-])cc1. The van der Waals surface area contributed by atoms with E-state index in [9.17, 15) is 29.8 Å². The highest BCUT2D eigenvalue weighted by atomic mass is 16.6. The quantitative estimate of drug-likeness (QED) is 0.140. The third-order valence-electron chi connectivity index (χ3n) is 5.30.